The fourth-order valence-corrected chi connectivity index (χ4v) is 3.69. The maximum absolute atomic E-state index is 12.5. The Bertz CT molecular complexity index is 532. The van der Waals surface area contributed by atoms with Gasteiger partial charge in [-0.3, -0.25) is 4.79 Å². The molecule has 1 aromatic carbocycles. The number of benzene rings is 1. The number of ether oxygens (including phenoxy) is 1. The smallest absolute Gasteiger partial charge is 0.252 e. The van der Waals surface area contributed by atoms with Gasteiger partial charge < -0.3 is 15.8 Å². The van der Waals surface area contributed by atoms with Gasteiger partial charge in [-0.05, 0) is 38.3 Å². The summed E-state index contributed by atoms with van der Waals surface area (Å²) < 4.78 is 5.66. The highest BCUT2D eigenvalue weighted by Crippen LogP contribution is 2.37. The molecule has 3 rings (SSSR count). The SMILES string of the molecule is Cc1cc(C)c(C(=O)NC2C(N)C3CCOC32)c(C)c1. The van der Waals surface area contributed by atoms with Gasteiger partial charge in [0, 0.05) is 24.1 Å². The molecular formula is C16H22N2O2. The maximum Gasteiger partial charge on any atom is 0.252 e. The number of rotatable bonds is 2. The molecule has 4 nitrogen and oxygen atoms in total. The van der Waals surface area contributed by atoms with Crippen LogP contribution in [0.4, 0.5) is 0 Å². The van der Waals surface area contributed by atoms with Crippen molar-refractivity contribution in [2.24, 2.45) is 11.7 Å². The minimum absolute atomic E-state index is 0.0255. The van der Waals surface area contributed by atoms with E-state index in [0.29, 0.717) is 5.92 Å². The lowest BCUT2D eigenvalue weighted by Crippen LogP contribution is -2.69. The van der Waals surface area contributed by atoms with Crippen molar-refractivity contribution >= 4 is 5.91 Å². The maximum atomic E-state index is 12.5. The van der Waals surface area contributed by atoms with Gasteiger partial charge in [0.1, 0.15) is 0 Å². The lowest BCUT2D eigenvalue weighted by atomic mass is 9.72. The predicted molar refractivity (Wildman–Crippen MR) is 77.7 cm³/mol. The molecule has 1 aromatic rings. The molecule has 1 saturated carbocycles. The van der Waals surface area contributed by atoms with Crippen LogP contribution in [-0.4, -0.2) is 30.7 Å². The Balaban J connectivity index is 1.77. The lowest BCUT2D eigenvalue weighted by Gasteiger charge is -2.45. The summed E-state index contributed by atoms with van der Waals surface area (Å²) >= 11 is 0. The van der Waals surface area contributed by atoms with E-state index in [9.17, 15) is 4.79 Å². The van der Waals surface area contributed by atoms with E-state index in [1.165, 1.54) is 5.56 Å². The summed E-state index contributed by atoms with van der Waals surface area (Å²) in [6.07, 6.45) is 1.13. The molecule has 1 saturated heterocycles. The number of hydrogen-bond acceptors (Lipinski definition) is 3. The van der Waals surface area contributed by atoms with E-state index in [0.717, 1.165) is 29.7 Å². The molecule has 4 unspecified atom stereocenters. The van der Waals surface area contributed by atoms with Gasteiger partial charge in [0.15, 0.2) is 0 Å². The third-order valence-corrected chi connectivity index (χ3v) is 4.65. The molecular weight excluding hydrogens is 252 g/mol. The van der Waals surface area contributed by atoms with Crippen LogP contribution in [0, 0.1) is 26.7 Å². The lowest BCUT2D eigenvalue weighted by molar-refractivity contribution is -0.0161. The molecule has 1 amide bonds. The standard InChI is InChI=1S/C16H22N2O2/c1-8-6-9(2)12(10(3)7-8)16(19)18-14-13(17)11-4-5-20-15(11)14/h6-7,11,13-15H,4-5,17H2,1-3H3,(H,18,19). The molecule has 2 aliphatic rings. The second-order valence-electron chi connectivity index (χ2n) is 6.14. The molecule has 0 aromatic heterocycles. The predicted octanol–water partition coefficient (Wildman–Crippen LogP) is 1.46. The molecule has 3 N–H and O–H groups in total. The fraction of sp³-hybridized carbons (Fsp3) is 0.562. The van der Waals surface area contributed by atoms with Crippen LogP contribution in [0.2, 0.25) is 0 Å². The summed E-state index contributed by atoms with van der Waals surface area (Å²) in [4.78, 5) is 12.5. The van der Waals surface area contributed by atoms with E-state index in [1.54, 1.807) is 0 Å². The van der Waals surface area contributed by atoms with Crippen LogP contribution in [-0.2, 0) is 4.74 Å². The van der Waals surface area contributed by atoms with Gasteiger partial charge in [-0.2, -0.15) is 0 Å². The summed E-state index contributed by atoms with van der Waals surface area (Å²) in [7, 11) is 0. The summed E-state index contributed by atoms with van der Waals surface area (Å²) in [6.45, 7) is 6.76. The zero-order valence-corrected chi connectivity index (χ0v) is 12.3. The number of fused-ring (bicyclic) bond motifs is 1. The Labute approximate surface area is 119 Å². The number of carbonyl (C=O) groups is 1. The van der Waals surface area contributed by atoms with Crippen molar-refractivity contribution in [1.82, 2.24) is 5.32 Å². The van der Waals surface area contributed by atoms with E-state index in [4.69, 9.17) is 10.5 Å². The minimum Gasteiger partial charge on any atom is -0.376 e. The van der Waals surface area contributed by atoms with Gasteiger partial charge in [0.25, 0.3) is 5.91 Å². The summed E-state index contributed by atoms with van der Waals surface area (Å²) in [5, 5.41) is 3.07. The van der Waals surface area contributed by atoms with E-state index < -0.39 is 0 Å². The zero-order valence-electron chi connectivity index (χ0n) is 12.3. The van der Waals surface area contributed by atoms with Crippen molar-refractivity contribution < 1.29 is 9.53 Å². The Morgan fingerprint density at radius 3 is 2.60 bits per heavy atom. The zero-order chi connectivity index (χ0) is 14.4. The Morgan fingerprint density at radius 2 is 1.95 bits per heavy atom. The van der Waals surface area contributed by atoms with Crippen LogP contribution in [0.1, 0.15) is 33.5 Å². The van der Waals surface area contributed by atoms with Crippen molar-refractivity contribution in [1.29, 1.82) is 0 Å². The number of carbonyl (C=O) groups excluding carboxylic acids is 1. The molecule has 108 valence electrons. The van der Waals surface area contributed by atoms with E-state index in [2.05, 4.69) is 5.32 Å². The highest BCUT2D eigenvalue weighted by Gasteiger charge is 2.52. The van der Waals surface area contributed by atoms with Gasteiger partial charge in [0.2, 0.25) is 0 Å². The molecule has 1 aliphatic carbocycles. The first-order chi connectivity index (χ1) is 9.49. The summed E-state index contributed by atoms with van der Waals surface area (Å²) in [5.41, 5.74) is 10.1. The Kier molecular flexibility index (Phi) is 3.30. The van der Waals surface area contributed by atoms with Crippen LogP contribution < -0.4 is 11.1 Å². The van der Waals surface area contributed by atoms with Gasteiger partial charge in [-0.15, -0.1) is 0 Å². The number of aryl methyl sites for hydroxylation is 3. The number of hydrogen-bond donors (Lipinski definition) is 2. The quantitative estimate of drug-likeness (QED) is 0.858. The van der Waals surface area contributed by atoms with Crippen LogP contribution in [0.5, 0.6) is 0 Å². The molecule has 0 radical (unpaired) electrons. The van der Waals surface area contributed by atoms with E-state index in [1.807, 2.05) is 32.9 Å². The van der Waals surface area contributed by atoms with Crippen molar-refractivity contribution in [2.75, 3.05) is 6.61 Å². The Hall–Kier alpha value is -1.39. The molecule has 0 bridgehead atoms. The van der Waals surface area contributed by atoms with Crippen LogP contribution in [0.3, 0.4) is 0 Å². The van der Waals surface area contributed by atoms with Gasteiger partial charge in [-0.1, -0.05) is 17.7 Å². The normalized spacial score (nSPS) is 31.6. The van der Waals surface area contributed by atoms with E-state index in [-0.39, 0.29) is 24.1 Å². The van der Waals surface area contributed by atoms with Gasteiger partial charge >= 0.3 is 0 Å². The molecule has 20 heavy (non-hydrogen) atoms. The minimum atomic E-state index is -0.0462. The molecule has 4 atom stereocenters. The molecule has 1 aliphatic heterocycles. The monoisotopic (exact) mass is 274 g/mol. The highest BCUT2D eigenvalue weighted by molar-refractivity contribution is 5.97. The summed E-state index contributed by atoms with van der Waals surface area (Å²) in [6, 6.07) is 4.06. The third kappa shape index (κ3) is 2.03. The Morgan fingerprint density at radius 1 is 1.30 bits per heavy atom. The average Bonchev–Trinajstić information content (AvgIpc) is 2.79. The molecule has 4 heteroatoms. The first-order valence-corrected chi connectivity index (χ1v) is 7.25. The van der Waals surface area contributed by atoms with E-state index >= 15 is 0 Å². The van der Waals surface area contributed by atoms with Crippen molar-refractivity contribution in [2.45, 2.75) is 45.4 Å². The summed E-state index contributed by atoms with van der Waals surface area (Å²) in [5.74, 6) is 0.384. The van der Waals surface area contributed by atoms with Crippen LogP contribution in [0.15, 0.2) is 12.1 Å². The average molecular weight is 274 g/mol. The van der Waals surface area contributed by atoms with Crippen LogP contribution in [0.25, 0.3) is 0 Å². The fourth-order valence-electron chi connectivity index (χ4n) is 3.69. The topological polar surface area (TPSA) is 64.4 Å². The second kappa shape index (κ2) is 4.86. The van der Waals surface area contributed by atoms with Crippen molar-refractivity contribution in [3.8, 4) is 0 Å². The molecule has 1 heterocycles. The van der Waals surface area contributed by atoms with Gasteiger partial charge in [-0.25, -0.2) is 0 Å². The highest BCUT2D eigenvalue weighted by atomic mass is 16.5. The first-order valence-electron chi connectivity index (χ1n) is 7.25. The number of amides is 1. The molecule has 0 spiro atoms. The number of nitrogens with one attached hydrogen (secondary N) is 1. The number of nitrogens with two attached hydrogens (primary N) is 1. The van der Waals surface area contributed by atoms with Crippen molar-refractivity contribution in [3.63, 3.8) is 0 Å². The largest absolute Gasteiger partial charge is 0.376 e. The third-order valence-electron chi connectivity index (χ3n) is 4.65. The first kappa shape index (κ1) is 13.6. The van der Waals surface area contributed by atoms with Crippen LogP contribution >= 0.6 is 0 Å². The van der Waals surface area contributed by atoms with Gasteiger partial charge in [0.05, 0.1) is 12.1 Å². The van der Waals surface area contributed by atoms with Crippen molar-refractivity contribution in [3.05, 3.63) is 34.4 Å². The second-order valence-corrected chi connectivity index (χ2v) is 6.14. The molecule has 2 fully saturated rings.